The third-order valence-corrected chi connectivity index (χ3v) is 5.96. The van der Waals surface area contributed by atoms with Crippen molar-refractivity contribution < 1.29 is 19.5 Å². The summed E-state index contributed by atoms with van der Waals surface area (Å²) in [4.78, 5) is 39.5. The predicted molar refractivity (Wildman–Crippen MR) is 125 cm³/mol. The van der Waals surface area contributed by atoms with Gasteiger partial charge in [0.05, 0.1) is 12.1 Å². The van der Waals surface area contributed by atoms with E-state index in [9.17, 15) is 19.5 Å². The molecule has 1 heterocycles. The maximum absolute atomic E-state index is 13.3. The van der Waals surface area contributed by atoms with Crippen LogP contribution < -0.4 is 10.6 Å². The zero-order valence-corrected chi connectivity index (χ0v) is 20.7. The average molecular weight is 446 g/mol. The molecule has 0 aliphatic carbocycles. The van der Waals surface area contributed by atoms with Gasteiger partial charge in [0.1, 0.15) is 12.1 Å². The summed E-state index contributed by atoms with van der Waals surface area (Å²) in [5.41, 5.74) is 1.68. The molecule has 1 aromatic rings. The maximum atomic E-state index is 13.3. The summed E-state index contributed by atoms with van der Waals surface area (Å²) in [7, 11) is 0. The van der Waals surface area contributed by atoms with E-state index in [1.54, 1.807) is 0 Å². The second kappa shape index (κ2) is 9.61. The molecule has 1 fully saturated rings. The Hall–Kier alpha value is -2.41. The van der Waals surface area contributed by atoms with Crippen molar-refractivity contribution in [1.29, 1.82) is 0 Å². The summed E-state index contributed by atoms with van der Waals surface area (Å²) in [6, 6.07) is 6.31. The van der Waals surface area contributed by atoms with Gasteiger partial charge in [-0.1, -0.05) is 65.8 Å². The molecular formula is C25H39N3O4. The molecule has 0 spiro atoms. The van der Waals surface area contributed by atoms with Gasteiger partial charge in [0.25, 0.3) is 0 Å². The smallest absolute Gasteiger partial charge is 0.246 e. The highest BCUT2D eigenvalue weighted by Gasteiger charge is 2.44. The molecule has 0 saturated carbocycles. The summed E-state index contributed by atoms with van der Waals surface area (Å²) in [5.74, 6) is -0.976. The van der Waals surface area contributed by atoms with Crippen molar-refractivity contribution in [2.45, 2.75) is 91.5 Å². The first-order chi connectivity index (χ1) is 14.6. The number of aliphatic hydroxyl groups excluding tert-OH is 1. The van der Waals surface area contributed by atoms with Gasteiger partial charge in [-0.3, -0.25) is 14.4 Å². The van der Waals surface area contributed by atoms with Crippen molar-refractivity contribution in [3.63, 3.8) is 0 Å². The molecule has 1 saturated heterocycles. The minimum atomic E-state index is -0.789. The molecule has 178 valence electrons. The minimum absolute atomic E-state index is 0.0450. The topological polar surface area (TPSA) is 98.7 Å². The van der Waals surface area contributed by atoms with Crippen LogP contribution in [-0.4, -0.2) is 52.5 Å². The van der Waals surface area contributed by atoms with E-state index in [2.05, 4.69) is 43.5 Å². The number of hydrogen-bond acceptors (Lipinski definition) is 4. The highest BCUT2D eigenvalue weighted by Crippen LogP contribution is 2.27. The SMILES string of the molecule is CC(=O)NC(C(=O)N1C[C@H](O)C[C@H]1C(=O)N[C@@H](C)c1ccc(C(C)(C)C)cc1)C(C)(C)C. The zero-order valence-electron chi connectivity index (χ0n) is 20.7. The molecule has 2 rings (SSSR count). The number of β-amino-alcohol motifs (C(OH)–C–C–N with tert-alkyl or cyclic N) is 1. The predicted octanol–water partition coefficient (Wildman–Crippen LogP) is 2.67. The van der Waals surface area contributed by atoms with E-state index in [4.69, 9.17) is 0 Å². The maximum Gasteiger partial charge on any atom is 0.246 e. The highest BCUT2D eigenvalue weighted by atomic mass is 16.3. The summed E-state index contributed by atoms with van der Waals surface area (Å²) < 4.78 is 0. The van der Waals surface area contributed by atoms with E-state index in [-0.39, 0.29) is 42.1 Å². The lowest BCUT2D eigenvalue weighted by Gasteiger charge is -2.35. The van der Waals surface area contributed by atoms with Gasteiger partial charge < -0.3 is 20.6 Å². The number of carbonyl (C=O) groups is 3. The Morgan fingerprint density at radius 2 is 1.59 bits per heavy atom. The lowest BCUT2D eigenvalue weighted by molar-refractivity contribution is -0.144. The van der Waals surface area contributed by atoms with Gasteiger partial charge in [0, 0.05) is 19.9 Å². The van der Waals surface area contributed by atoms with Crippen molar-refractivity contribution in [3.05, 3.63) is 35.4 Å². The van der Waals surface area contributed by atoms with E-state index < -0.39 is 23.6 Å². The summed E-state index contributed by atoms with van der Waals surface area (Å²) >= 11 is 0. The standard InChI is InChI=1S/C25H39N3O4/c1-15(17-9-11-18(12-10-17)24(3,4)5)26-22(31)20-13-19(30)14-28(20)23(32)21(25(6,7)8)27-16(2)29/h9-12,15,19-21,30H,13-14H2,1-8H3,(H,26,31)(H,27,29)/t15-,19+,20-,21?/m0/s1. The fraction of sp³-hybridized carbons (Fsp3) is 0.640. The molecule has 1 aliphatic heterocycles. The van der Waals surface area contributed by atoms with E-state index in [0.29, 0.717) is 0 Å². The van der Waals surface area contributed by atoms with Crippen LogP contribution in [0.1, 0.15) is 79.0 Å². The zero-order chi connectivity index (χ0) is 24.4. The fourth-order valence-electron chi connectivity index (χ4n) is 3.99. The van der Waals surface area contributed by atoms with Crippen LogP contribution in [0, 0.1) is 5.41 Å². The number of aliphatic hydroxyl groups is 1. The molecule has 3 amide bonds. The van der Waals surface area contributed by atoms with Crippen molar-refractivity contribution in [2.75, 3.05) is 6.54 Å². The minimum Gasteiger partial charge on any atom is -0.391 e. The lowest BCUT2D eigenvalue weighted by atomic mass is 9.85. The number of benzene rings is 1. The van der Waals surface area contributed by atoms with E-state index >= 15 is 0 Å². The van der Waals surface area contributed by atoms with Crippen LogP contribution in [0.4, 0.5) is 0 Å². The average Bonchev–Trinajstić information content (AvgIpc) is 3.06. The molecule has 0 bridgehead atoms. The largest absolute Gasteiger partial charge is 0.391 e. The summed E-state index contributed by atoms with van der Waals surface area (Å²) in [6.07, 6.45) is -0.612. The van der Waals surface area contributed by atoms with Crippen LogP contribution in [0.3, 0.4) is 0 Å². The first kappa shape index (κ1) is 25.8. The Labute approximate surface area is 191 Å². The van der Waals surface area contributed by atoms with Gasteiger partial charge in [-0.05, 0) is 28.9 Å². The number of rotatable bonds is 5. The van der Waals surface area contributed by atoms with Gasteiger partial charge in [-0.15, -0.1) is 0 Å². The van der Waals surface area contributed by atoms with Crippen LogP contribution in [0.25, 0.3) is 0 Å². The Morgan fingerprint density at radius 3 is 2.06 bits per heavy atom. The van der Waals surface area contributed by atoms with Gasteiger partial charge in [-0.2, -0.15) is 0 Å². The summed E-state index contributed by atoms with van der Waals surface area (Å²) in [5, 5.41) is 15.9. The Bertz CT molecular complexity index is 836. The highest BCUT2D eigenvalue weighted by molar-refractivity contribution is 5.93. The van der Waals surface area contributed by atoms with Gasteiger partial charge >= 0.3 is 0 Å². The van der Waals surface area contributed by atoms with Crippen LogP contribution in [0.15, 0.2) is 24.3 Å². The molecule has 4 atom stereocenters. The molecule has 0 radical (unpaired) electrons. The third kappa shape index (κ3) is 6.31. The number of likely N-dealkylation sites (tertiary alicyclic amines) is 1. The van der Waals surface area contributed by atoms with Gasteiger partial charge in [0.2, 0.25) is 17.7 Å². The molecule has 32 heavy (non-hydrogen) atoms. The Kier molecular flexibility index (Phi) is 7.76. The molecular weight excluding hydrogens is 406 g/mol. The number of carbonyl (C=O) groups excluding carboxylic acids is 3. The van der Waals surface area contributed by atoms with E-state index in [1.165, 1.54) is 17.4 Å². The van der Waals surface area contributed by atoms with Crippen LogP contribution in [0.5, 0.6) is 0 Å². The van der Waals surface area contributed by atoms with Crippen molar-refractivity contribution in [3.8, 4) is 0 Å². The molecule has 3 N–H and O–H groups in total. The first-order valence-corrected chi connectivity index (χ1v) is 11.3. The third-order valence-electron chi connectivity index (χ3n) is 5.96. The number of hydrogen-bond donors (Lipinski definition) is 3. The number of nitrogens with one attached hydrogen (secondary N) is 2. The molecule has 7 heteroatoms. The molecule has 1 aliphatic rings. The number of nitrogens with zero attached hydrogens (tertiary/aromatic N) is 1. The van der Waals surface area contributed by atoms with Crippen LogP contribution in [-0.2, 0) is 19.8 Å². The Morgan fingerprint density at radius 1 is 1.03 bits per heavy atom. The van der Waals surface area contributed by atoms with E-state index in [0.717, 1.165) is 5.56 Å². The molecule has 7 nitrogen and oxygen atoms in total. The second-order valence-corrected chi connectivity index (χ2v) is 11.0. The van der Waals surface area contributed by atoms with Crippen LogP contribution >= 0.6 is 0 Å². The molecule has 1 aromatic carbocycles. The van der Waals surface area contributed by atoms with Gasteiger partial charge in [0.15, 0.2) is 0 Å². The quantitative estimate of drug-likeness (QED) is 0.649. The van der Waals surface area contributed by atoms with Crippen LogP contribution in [0.2, 0.25) is 0 Å². The van der Waals surface area contributed by atoms with Crippen molar-refractivity contribution in [1.82, 2.24) is 15.5 Å². The second-order valence-electron chi connectivity index (χ2n) is 11.0. The molecule has 0 aromatic heterocycles. The van der Waals surface area contributed by atoms with Crippen molar-refractivity contribution >= 4 is 17.7 Å². The van der Waals surface area contributed by atoms with E-state index in [1.807, 2.05) is 39.8 Å². The normalized spacial score (nSPS) is 21.1. The fourth-order valence-corrected chi connectivity index (χ4v) is 3.99. The first-order valence-electron chi connectivity index (χ1n) is 11.3. The van der Waals surface area contributed by atoms with Crippen molar-refractivity contribution in [2.24, 2.45) is 5.41 Å². The lowest BCUT2D eigenvalue weighted by Crippen LogP contribution is -2.57. The molecule has 1 unspecified atom stereocenters. The number of amides is 3. The monoisotopic (exact) mass is 445 g/mol. The van der Waals surface area contributed by atoms with Gasteiger partial charge in [-0.25, -0.2) is 0 Å². The summed E-state index contributed by atoms with van der Waals surface area (Å²) in [6.45, 7) is 15.3. The Balaban J connectivity index is 2.17.